The molecule has 2 heterocycles. The van der Waals surface area contributed by atoms with Crippen molar-refractivity contribution in [2.75, 3.05) is 50.9 Å². The fraction of sp³-hybridized carbons (Fsp3) is 0.478. The lowest BCUT2D eigenvalue weighted by atomic mass is 10.1. The number of nitrogens with zero attached hydrogens (tertiary/aromatic N) is 2. The van der Waals surface area contributed by atoms with E-state index in [9.17, 15) is 16.8 Å². The zero-order chi connectivity index (χ0) is 22.6. The van der Waals surface area contributed by atoms with E-state index in [-0.39, 0.29) is 16.4 Å². The van der Waals surface area contributed by atoms with Crippen LogP contribution in [0.25, 0.3) is 11.1 Å². The van der Waals surface area contributed by atoms with E-state index in [2.05, 4.69) is 4.90 Å². The maximum Gasteiger partial charge on any atom is 0.243 e. The van der Waals surface area contributed by atoms with E-state index < -0.39 is 25.9 Å². The van der Waals surface area contributed by atoms with Gasteiger partial charge < -0.3 is 4.74 Å². The molecule has 1 unspecified atom stereocenters. The first-order chi connectivity index (χ1) is 15.4. The molecular formula is C23H30N2O5S2. The maximum absolute atomic E-state index is 13.9. The molecule has 2 aromatic rings. The van der Waals surface area contributed by atoms with Crippen molar-refractivity contribution in [3.8, 4) is 11.1 Å². The number of morpholine rings is 1. The van der Waals surface area contributed by atoms with Crippen LogP contribution in [-0.2, 0) is 24.6 Å². The van der Waals surface area contributed by atoms with Crippen LogP contribution in [0.1, 0.15) is 12.8 Å². The van der Waals surface area contributed by atoms with Crippen molar-refractivity contribution in [2.24, 2.45) is 0 Å². The molecule has 2 aromatic carbocycles. The van der Waals surface area contributed by atoms with Gasteiger partial charge in [-0.15, -0.1) is 0 Å². The zero-order valence-corrected chi connectivity index (χ0v) is 19.7. The molecule has 4 rings (SSSR count). The summed E-state index contributed by atoms with van der Waals surface area (Å²) in [7, 11) is -7.11. The molecule has 0 saturated carbocycles. The summed E-state index contributed by atoms with van der Waals surface area (Å²) in [6.07, 6.45) is 0.982. The van der Waals surface area contributed by atoms with Crippen LogP contribution in [0.5, 0.6) is 0 Å². The molecule has 0 aromatic heterocycles. The molecule has 174 valence electrons. The molecule has 0 bridgehead atoms. The van der Waals surface area contributed by atoms with E-state index >= 15 is 0 Å². The first-order valence-corrected chi connectivity index (χ1v) is 14.3. The summed E-state index contributed by atoms with van der Waals surface area (Å²) in [6.45, 7) is 4.10. The van der Waals surface area contributed by atoms with Gasteiger partial charge >= 0.3 is 0 Å². The monoisotopic (exact) mass is 478 g/mol. The smallest absolute Gasteiger partial charge is 0.243 e. The molecule has 0 N–H and O–H groups in total. The summed E-state index contributed by atoms with van der Waals surface area (Å²) in [4.78, 5) is 2.49. The number of hydrogen-bond acceptors (Lipinski definition) is 6. The summed E-state index contributed by atoms with van der Waals surface area (Å²) < 4.78 is 59.0. The average Bonchev–Trinajstić information content (AvgIpc) is 3.17. The number of sulfone groups is 1. The Bertz CT molecular complexity index is 1110. The normalized spacial score (nSPS) is 21.7. The predicted molar refractivity (Wildman–Crippen MR) is 125 cm³/mol. The molecule has 9 heteroatoms. The van der Waals surface area contributed by atoms with Gasteiger partial charge in [-0.3, -0.25) is 4.90 Å². The van der Waals surface area contributed by atoms with Crippen LogP contribution < -0.4 is 0 Å². The average molecular weight is 479 g/mol. The molecule has 0 radical (unpaired) electrons. The second-order valence-corrected chi connectivity index (χ2v) is 12.4. The Morgan fingerprint density at radius 1 is 1.00 bits per heavy atom. The minimum atomic E-state index is -3.89. The van der Waals surface area contributed by atoms with Crippen molar-refractivity contribution in [3.63, 3.8) is 0 Å². The molecule has 0 amide bonds. The standard InChI is InChI=1S/C23H30N2O5S2/c26-31(27)18-11-21(19-31)25(13-6-12-24-14-16-30-17-15-24)32(28,29)23-10-5-4-9-22(23)20-7-2-1-3-8-20/h1-5,7-10,21H,6,11-19H2. The van der Waals surface area contributed by atoms with Crippen molar-refractivity contribution in [1.82, 2.24) is 9.21 Å². The number of benzene rings is 2. The molecule has 32 heavy (non-hydrogen) atoms. The van der Waals surface area contributed by atoms with Gasteiger partial charge in [0.05, 0.1) is 29.6 Å². The van der Waals surface area contributed by atoms with E-state index in [1.54, 1.807) is 18.2 Å². The molecule has 7 nitrogen and oxygen atoms in total. The highest BCUT2D eigenvalue weighted by Crippen LogP contribution is 2.32. The number of hydrogen-bond donors (Lipinski definition) is 0. The molecule has 2 aliphatic rings. The largest absolute Gasteiger partial charge is 0.379 e. The summed E-state index contributed by atoms with van der Waals surface area (Å²) in [5, 5.41) is 0. The maximum atomic E-state index is 13.9. The highest BCUT2D eigenvalue weighted by Gasteiger charge is 2.39. The summed E-state index contributed by atoms with van der Waals surface area (Å²) >= 11 is 0. The summed E-state index contributed by atoms with van der Waals surface area (Å²) in [5.41, 5.74) is 1.45. The highest BCUT2D eigenvalue weighted by molar-refractivity contribution is 7.92. The number of rotatable bonds is 8. The van der Waals surface area contributed by atoms with E-state index in [1.807, 2.05) is 36.4 Å². The first-order valence-electron chi connectivity index (χ1n) is 11.0. The van der Waals surface area contributed by atoms with Crippen molar-refractivity contribution in [2.45, 2.75) is 23.8 Å². The summed E-state index contributed by atoms with van der Waals surface area (Å²) in [5.74, 6) is -0.0786. The Kier molecular flexibility index (Phi) is 7.31. The SMILES string of the molecule is O=S1(=O)CCC(N(CCCN2CCOCC2)S(=O)(=O)c2ccccc2-c2ccccc2)C1. The Labute approximate surface area is 191 Å². The molecular weight excluding hydrogens is 448 g/mol. The van der Waals surface area contributed by atoms with Crippen LogP contribution in [0.4, 0.5) is 0 Å². The molecule has 0 aliphatic carbocycles. The van der Waals surface area contributed by atoms with Gasteiger partial charge in [-0.1, -0.05) is 48.5 Å². The van der Waals surface area contributed by atoms with Crippen LogP contribution in [-0.4, -0.2) is 83.0 Å². The van der Waals surface area contributed by atoms with Gasteiger partial charge in [0.2, 0.25) is 10.0 Å². The lowest BCUT2D eigenvalue weighted by Crippen LogP contribution is -2.43. The van der Waals surface area contributed by atoms with Gasteiger partial charge in [0.15, 0.2) is 9.84 Å². The molecule has 2 aliphatic heterocycles. The fourth-order valence-electron chi connectivity index (χ4n) is 4.45. The third kappa shape index (κ3) is 5.40. The minimum absolute atomic E-state index is 0.0352. The van der Waals surface area contributed by atoms with Gasteiger partial charge in [-0.2, -0.15) is 4.31 Å². The molecule has 1 atom stereocenters. The van der Waals surface area contributed by atoms with Gasteiger partial charge in [0, 0.05) is 31.2 Å². The van der Waals surface area contributed by atoms with Gasteiger partial charge in [0.1, 0.15) is 0 Å². The summed E-state index contributed by atoms with van der Waals surface area (Å²) in [6, 6.07) is 15.9. The number of ether oxygens (including phenoxy) is 1. The lowest BCUT2D eigenvalue weighted by Gasteiger charge is -2.30. The number of sulfonamides is 1. The third-order valence-electron chi connectivity index (χ3n) is 6.13. The minimum Gasteiger partial charge on any atom is -0.379 e. The Morgan fingerprint density at radius 2 is 1.69 bits per heavy atom. The van der Waals surface area contributed by atoms with Crippen LogP contribution >= 0.6 is 0 Å². The Hall–Kier alpha value is -1.78. The molecule has 0 spiro atoms. The van der Waals surface area contributed by atoms with Crippen LogP contribution in [0.15, 0.2) is 59.5 Å². The van der Waals surface area contributed by atoms with Gasteiger partial charge in [-0.25, -0.2) is 16.8 Å². The van der Waals surface area contributed by atoms with E-state index in [1.165, 1.54) is 4.31 Å². The first kappa shape index (κ1) is 23.4. The van der Waals surface area contributed by atoms with Crippen molar-refractivity contribution in [1.29, 1.82) is 0 Å². The second-order valence-electron chi connectivity index (χ2n) is 8.34. The van der Waals surface area contributed by atoms with Crippen LogP contribution in [0.3, 0.4) is 0 Å². The van der Waals surface area contributed by atoms with Crippen LogP contribution in [0, 0.1) is 0 Å². The van der Waals surface area contributed by atoms with Crippen LogP contribution in [0.2, 0.25) is 0 Å². The molecule has 2 saturated heterocycles. The van der Waals surface area contributed by atoms with E-state index in [0.717, 1.165) is 25.2 Å². The molecule has 2 fully saturated rings. The third-order valence-corrected chi connectivity index (χ3v) is 9.89. The van der Waals surface area contributed by atoms with Gasteiger partial charge in [-0.05, 0) is 31.0 Å². The van der Waals surface area contributed by atoms with E-state index in [0.29, 0.717) is 38.2 Å². The quantitative estimate of drug-likeness (QED) is 0.579. The predicted octanol–water partition coefficient (Wildman–Crippen LogP) is 2.25. The highest BCUT2D eigenvalue weighted by atomic mass is 32.2. The lowest BCUT2D eigenvalue weighted by molar-refractivity contribution is 0.0367. The van der Waals surface area contributed by atoms with Crippen molar-refractivity contribution in [3.05, 3.63) is 54.6 Å². The fourth-order valence-corrected chi connectivity index (χ4v) is 8.18. The van der Waals surface area contributed by atoms with Gasteiger partial charge in [0.25, 0.3) is 0 Å². The second kappa shape index (κ2) is 10.0. The Balaban J connectivity index is 1.62. The zero-order valence-electron chi connectivity index (χ0n) is 18.1. The van der Waals surface area contributed by atoms with Crippen molar-refractivity contribution < 1.29 is 21.6 Å². The van der Waals surface area contributed by atoms with Crippen molar-refractivity contribution >= 4 is 19.9 Å². The van der Waals surface area contributed by atoms with E-state index in [4.69, 9.17) is 4.74 Å². The Morgan fingerprint density at radius 3 is 2.38 bits per heavy atom. The topological polar surface area (TPSA) is 84.0 Å².